The number of nitrogens with one attached hydrogen (secondary N) is 2. The second-order valence-corrected chi connectivity index (χ2v) is 3.66. The van der Waals surface area contributed by atoms with Crippen molar-refractivity contribution in [2.45, 2.75) is 6.92 Å². The van der Waals surface area contributed by atoms with Gasteiger partial charge in [0.15, 0.2) is 0 Å². The third-order valence-electron chi connectivity index (χ3n) is 2.29. The van der Waals surface area contributed by atoms with Crippen LogP contribution in [0.1, 0.15) is 6.92 Å². The van der Waals surface area contributed by atoms with Gasteiger partial charge in [0, 0.05) is 33.1 Å². The third kappa shape index (κ3) is 3.41. The van der Waals surface area contributed by atoms with Crippen LogP contribution in [0.5, 0.6) is 0 Å². The zero-order chi connectivity index (χ0) is 12.1. The summed E-state index contributed by atoms with van der Waals surface area (Å²) in [7, 11) is 0. The smallest absolute Gasteiger partial charge is 0.317 e. The van der Waals surface area contributed by atoms with Gasteiger partial charge in [-0.2, -0.15) is 0 Å². The van der Waals surface area contributed by atoms with Gasteiger partial charge in [-0.15, -0.1) is 0 Å². The minimum absolute atomic E-state index is 0.149. The van der Waals surface area contributed by atoms with Crippen molar-refractivity contribution in [3.05, 3.63) is 0 Å². The van der Waals surface area contributed by atoms with E-state index in [0.29, 0.717) is 13.1 Å². The Kier molecular flexibility index (Phi) is 4.10. The predicted molar refractivity (Wildman–Crippen MR) is 54.8 cm³/mol. The molecule has 0 aromatic rings. The summed E-state index contributed by atoms with van der Waals surface area (Å²) in [6, 6.07) is -0.289. The molecule has 16 heavy (non-hydrogen) atoms. The average molecular weight is 229 g/mol. The van der Waals surface area contributed by atoms with E-state index in [4.69, 9.17) is 5.11 Å². The fraction of sp³-hybridized carbons (Fsp3) is 0.667. The zero-order valence-electron chi connectivity index (χ0n) is 9.02. The minimum Gasteiger partial charge on any atom is -0.481 e. The number of urea groups is 1. The maximum Gasteiger partial charge on any atom is 0.317 e. The van der Waals surface area contributed by atoms with Crippen molar-refractivity contribution in [3.63, 3.8) is 0 Å². The molecule has 3 N–H and O–H groups in total. The van der Waals surface area contributed by atoms with Gasteiger partial charge < -0.3 is 20.6 Å². The summed E-state index contributed by atoms with van der Waals surface area (Å²) in [6.07, 6.45) is 0. The van der Waals surface area contributed by atoms with Crippen molar-refractivity contribution in [2.75, 3.05) is 26.2 Å². The summed E-state index contributed by atoms with van der Waals surface area (Å²) in [5.41, 5.74) is 0. The van der Waals surface area contributed by atoms with E-state index in [0.717, 1.165) is 0 Å². The lowest BCUT2D eigenvalue weighted by Crippen LogP contribution is -2.56. The van der Waals surface area contributed by atoms with Crippen LogP contribution in [0.2, 0.25) is 0 Å². The molecule has 3 amide bonds. The molecule has 0 bridgehead atoms. The summed E-state index contributed by atoms with van der Waals surface area (Å²) < 4.78 is 0. The molecule has 1 saturated heterocycles. The monoisotopic (exact) mass is 229 g/mol. The van der Waals surface area contributed by atoms with E-state index in [1.54, 1.807) is 0 Å². The van der Waals surface area contributed by atoms with E-state index in [9.17, 15) is 14.4 Å². The van der Waals surface area contributed by atoms with Crippen LogP contribution in [0.25, 0.3) is 0 Å². The van der Waals surface area contributed by atoms with Gasteiger partial charge in [-0.3, -0.25) is 9.59 Å². The molecule has 0 aromatic heterocycles. The van der Waals surface area contributed by atoms with E-state index in [2.05, 4.69) is 10.6 Å². The highest BCUT2D eigenvalue weighted by Crippen LogP contribution is 2.14. The SMILES string of the molecule is CC(=O)NCCNC(=O)N1CC(C(=O)O)C1. The van der Waals surface area contributed by atoms with Gasteiger partial charge in [-0.05, 0) is 0 Å². The molecule has 1 fully saturated rings. The van der Waals surface area contributed by atoms with E-state index in [1.165, 1.54) is 11.8 Å². The van der Waals surface area contributed by atoms with Crippen LogP contribution in [0.4, 0.5) is 4.79 Å². The first-order chi connectivity index (χ1) is 7.50. The Morgan fingerprint density at radius 3 is 2.31 bits per heavy atom. The lowest BCUT2D eigenvalue weighted by atomic mass is 10.0. The van der Waals surface area contributed by atoms with Crippen molar-refractivity contribution in [2.24, 2.45) is 5.92 Å². The molecular formula is C9H15N3O4. The van der Waals surface area contributed by atoms with Crippen LogP contribution in [0, 0.1) is 5.92 Å². The number of carbonyl (C=O) groups excluding carboxylic acids is 2. The number of carboxylic acids is 1. The second-order valence-electron chi connectivity index (χ2n) is 3.66. The van der Waals surface area contributed by atoms with Gasteiger partial charge in [0.05, 0.1) is 5.92 Å². The van der Waals surface area contributed by atoms with E-state index >= 15 is 0 Å². The number of hydrogen-bond acceptors (Lipinski definition) is 3. The largest absolute Gasteiger partial charge is 0.481 e. The second kappa shape index (κ2) is 5.34. The van der Waals surface area contributed by atoms with Crippen molar-refractivity contribution in [1.29, 1.82) is 0 Å². The van der Waals surface area contributed by atoms with Crippen LogP contribution in [0.15, 0.2) is 0 Å². The summed E-state index contributed by atoms with van der Waals surface area (Å²) >= 11 is 0. The Hall–Kier alpha value is -1.79. The van der Waals surface area contributed by atoms with Crippen LogP contribution < -0.4 is 10.6 Å². The molecule has 1 heterocycles. The fourth-order valence-electron chi connectivity index (χ4n) is 1.32. The Balaban J connectivity index is 2.09. The summed E-state index contributed by atoms with van der Waals surface area (Å²) in [6.45, 7) is 2.61. The quantitative estimate of drug-likeness (QED) is 0.530. The molecule has 0 unspecified atom stereocenters. The summed E-state index contributed by atoms with van der Waals surface area (Å²) in [5, 5.41) is 13.7. The topological polar surface area (TPSA) is 98.7 Å². The van der Waals surface area contributed by atoms with Gasteiger partial charge in [-0.25, -0.2) is 4.79 Å². The lowest BCUT2D eigenvalue weighted by Gasteiger charge is -2.36. The van der Waals surface area contributed by atoms with Gasteiger partial charge in [0.1, 0.15) is 0 Å². The number of carbonyl (C=O) groups is 3. The van der Waals surface area contributed by atoms with Crippen LogP contribution in [-0.4, -0.2) is 54.1 Å². The van der Waals surface area contributed by atoms with Crippen LogP contribution in [-0.2, 0) is 9.59 Å². The summed E-state index contributed by atoms with van der Waals surface area (Å²) in [5.74, 6) is -1.47. The molecule has 1 rings (SSSR count). The first-order valence-electron chi connectivity index (χ1n) is 5.00. The molecule has 0 aromatic carbocycles. The Bertz CT molecular complexity index is 299. The first kappa shape index (κ1) is 12.3. The van der Waals surface area contributed by atoms with E-state index in [1.807, 2.05) is 0 Å². The van der Waals surface area contributed by atoms with Crippen LogP contribution in [0.3, 0.4) is 0 Å². The normalized spacial score (nSPS) is 15.2. The molecule has 0 saturated carbocycles. The van der Waals surface area contributed by atoms with Gasteiger partial charge >= 0.3 is 12.0 Å². The van der Waals surface area contributed by atoms with Crippen LogP contribution >= 0.6 is 0 Å². The van der Waals surface area contributed by atoms with E-state index in [-0.39, 0.29) is 25.0 Å². The lowest BCUT2D eigenvalue weighted by molar-refractivity contribution is -0.146. The molecule has 0 spiro atoms. The van der Waals surface area contributed by atoms with Gasteiger partial charge in [-0.1, -0.05) is 0 Å². The molecule has 0 atom stereocenters. The van der Waals surface area contributed by atoms with Gasteiger partial charge in [0.2, 0.25) is 5.91 Å². The highest BCUT2D eigenvalue weighted by molar-refractivity contribution is 5.79. The number of aliphatic carboxylic acids is 1. The highest BCUT2D eigenvalue weighted by atomic mass is 16.4. The molecule has 0 aliphatic carbocycles. The van der Waals surface area contributed by atoms with Crippen molar-refractivity contribution in [3.8, 4) is 0 Å². The number of nitrogens with zero attached hydrogens (tertiary/aromatic N) is 1. The number of amides is 3. The molecule has 1 aliphatic rings. The van der Waals surface area contributed by atoms with Crippen molar-refractivity contribution >= 4 is 17.9 Å². The molecule has 7 nitrogen and oxygen atoms in total. The fourth-order valence-corrected chi connectivity index (χ4v) is 1.32. The first-order valence-corrected chi connectivity index (χ1v) is 5.00. The molecule has 0 radical (unpaired) electrons. The van der Waals surface area contributed by atoms with Crippen molar-refractivity contribution < 1.29 is 19.5 Å². The number of rotatable bonds is 4. The Morgan fingerprint density at radius 2 is 1.81 bits per heavy atom. The molecule has 90 valence electrons. The molecular weight excluding hydrogens is 214 g/mol. The minimum atomic E-state index is -0.873. The maximum absolute atomic E-state index is 11.3. The van der Waals surface area contributed by atoms with Crippen molar-refractivity contribution in [1.82, 2.24) is 15.5 Å². The average Bonchev–Trinajstić information content (AvgIpc) is 2.08. The number of hydrogen-bond donors (Lipinski definition) is 3. The molecule has 7 heteroatoms. The summed E-state index contributed by atoms with van der Waals surface area (Å²) in [4.78, 5) is 33.8. The number of likely N-dealkylation sites (tertiary alicyclic amines) is 1. The standard InChI is InChI=1S/C9H15N3O4/c1-6(13)10-2-3-11-9(16)12-4-7(5-12)8(14)15/h7H,2-5H2,1H3,(H,10,13)(H,11,16)(H,14,15). The Morgan fingerprint density at radius 1 is 1.25 bits per heavy atom. The third-order valence-corrected chi connectivity index (χ3v) is 2.29. The Labute approximate surface area is 92.8 Å². The maximum atomic E-state index is 11.3. The highest BCUT2D eigenvalue weighted by Gasteiger charge is 2.35. The predicted octanol–water partition coefficient (Wildman–Crippen LogP) is -1.15. The van der Waals surface area contributed by atoms with Gasteiger partial charge in [0.25, 0.3) is 0 Å². The van der Waals surface area contributed by atoms with E-state index < -0.39 is 11.9 Å². The molecule has 1 aliphatic heterocycles. The number of carboxylic acid groups (broad SMARTS) is 1. The zero-order valence-corrected chi connectivity index (χ0v) is 9.02.